The molecule has 0 atom stereocenters. The molecule has 3 rings (SSSR count). The van der Waals surface area contributed by atoms with E-state index in [-0.39, 0.29) is 5.91 Å². The summed E-state index contributed by atoms with van der Waals surface area (Å²) >= 11 is 6.42. The Kier molecular flexibility index (Phi) is 7.19. The predicted molar refractivity (Wildman–Crippen MR) is 117 cm³/mol. The summed E-state index contributed by atoms with van der Waals surface area (Å²) in [6, 6.07) is 16.2. The van der Waals surface area contributed by atoms with E-state index < -0.39 is 0 Å². The van der Waals surface area contributed by atoms with Gasteiger partial charge in [0.2, 0.25) is 0 Å². The van der Waals surface area contributed by atoms with Crippen molar-refractivity contribution >= 4 is 28.9 Å². The molecule has 0 spiro atoms. The molecule has 0 aliphatic carbocycles. The highest BCUT2D eigenvalue weighted by Crippen LogP contribution is 2.27. The van der Waals surface area contributed by atoms with E-state index >= 15 is 0 Å². The minimum atomic E-state index is -0.231. The van der Waals surface area contributed by atoms with E-state index in [0.717, 1.165) is 17.7 Å². The lowest BCUT2D eigenvalue weighted by Gasteiger charge is -2.10. The number of rotatable bonds is 8. The SMILES string of the molecule is COCCNCc1cnc(-c2ccc(C(=O)Nc3ccccc3N)cc2)c(Cl)c1. The molecule has 0 aliphatic heterocycles. The monoisotopic (exact) mass is 410 g/mol. The third-order valence-corrected chi connectivity index (χ3v) is 4.63. The molecule has 7 heteroatoms. The van der Waals surface area contributed by atoms with Crippen molar-refractivity contribution in [3.8, 4) is 11.3 Å². The summed E-state index contributed by atoms with van der Waals surface area (Å²) < 4.78 is 5.01. The van der Waals surface area contributed by atoms with Gasteiger partial charge in [0.25, 0.3) is 5.91 Å². The number of ether oxygens (including phenoxy) is 1. The number of para-hydroxylation sites is 2. The lowest BCUT2D eigenvalue weighted by molar-refractivity contribution is 0.102. The molecule has 1 amide bonds. The quantitative estimate of drug-likeness (QED) is 0.386. The molecule has 0 aliphatic rings. The topological polar surface area (TPSA) is 89.3 Å². The molecule has 3 aromatic rings. The first kappa shape index (κ1) is 20.8. The van der Waals surface area contributed by atoms with Crippen LogP contribution in [-0.2, 0) is 11.3 Å². The van der Waals surface area contributed by atoms with Crippen molar-refractivity contribution in [2.75, 3.05) is 31.3 Å². The van der Waals surface area contributed by atoms with Crippen LogP contribution in [0.5, 0.6) is 0 Å². The van der Waals surface area contributed by atoms with Gasteiger partial charge in [-0.1, -0.05) is 35.9 Å². The Balaban J connectivity index is 1.68. The van der Waals surface area contributed by atoms with Crippen LogP contribution >= 0.6 is 11.6 Å². The number of carbonyl (C=O) groups is 1. The molecule has 29 heavy (non-hydrogen) atoms. The molecular formula is C22H23ClN4O2. The van der Waals surface area contributed by atoms with Gasteiger partial charge in [0.15, 0.2) is 0 Å². The van der Waals surface area contributed by atoms with Gasteiger partial charge in [0.05, 0.1) is 28.7 Å². The molecule has 1 aromatic heterocycles. The van der Waals surface area contributed by atoms with Crippen molar-refractivity contribution in [2.24, 2.45) is 0 Å². The van der Waals surface area contributed by atoms with E-state index in [1.54, 1.807) is 37.6 Å². The second kappa shape index (κ2) is 10.0. The maximum Gasteiger partial charge on any atom is 0.255 e. The molecule has 0 radical (unpaired) electrons. The van der Waals surface area contributed by atoms with Crippen LogP contribution in [0.25, 0.3) is 11.3 Å². The second-order valence-electron chi connectivity index (χ2n) is 6.46. The van der Waals surface area contributed by atoms with Crippen molar-refractivity contribution in [3.63, 3.8) is 0 Å². The second-order valence-corrected chi connectivity index (χ2v) is 6.87. The molecule has 150 valence electrons. The Morgan fingerprint density at radius 1 is 1.17 bits per heavy atom. The van der Waals surface area contributed by atoms with Crippen LogP contribution in [0.3, 0.4) is 0 Å². The van der Waals surface area contributed by atoms with E-state index in [1.807, 2.05) is 30.3 Å². The number of carbonyl (C=O) groups excluding carboxylic acids is 1. The number of methoxy groups -OCH3 is 1. The first-order chi connectivity index (χ1) is 14.1. The zero-order chi connectivity index (χ0) is 20.6. The predicted octanol–water partition coefficient (Wildman–Crippen LogP) is 3.97. The van der Waals surface area contributed by atoms with Gasteiger partial charge in [-0.15, -0.1) is 0 Å². The van der Waals surface area contributed by atoms with Crippen molar-refractivity contribution < 1.29 is 9.53 Å². The van der Waals surface area contributed by atoms with Gasteiger partial charge in [0.1, 0.15) is 0 Å². The minimum Gasteiger partial charge on any atom is -0.397 e. The molecule has 0 unspecified atom stereocenters. The number of hydrogen-bond donors (Lipinski definition) is 3. The number of anilines is 2. The molecule has 6 nitrogen and oxygen atoms in total. The number of hydrogen-bond acceptors (Lipinski definition) is 5. The standard InChI is InChI=1S/C22H23ClN4O2/c1-29-11-10-25-13-15-12-18(23)21(26-14-15)16-6-8-17(9-7-16)22(28)27-20-5-3-2-4-19(20)24/h2-9,12,14,25H,10-11,13,24H2,1H3,(H,27,28). The van der Waals surface area contributed by atoms with Gasteiger partial charge >= 0.3 is 0 Å². The summed E-state index contributed by atoms with van der Waals surface area (Å²) in [5, 5.41) is 6.63. The number of nitrogens with two attached hydrogens (primary N) is 1. The largest absolute Gasteiger partial charge is 0.397 e. The third kappa shape index (κ3) is 5.54. The van der Waals surface area contributed by atoms with E-state index in [1.165, 1.54) is 0 Å². The molecule has 0 fully saturated rings. The molecule has 4 N–H and O–H groups in total. The van der Waals surface area contributed by atoms with Crippen LogP contribution in [0.15, 0.2) is 60.8 Å². The zero-order valence-electron chi connectivity index (χ0n) is 16.1. The number of nitrogen functional groups attached to an aromatic ring is 1. The van der Waals surface area contributed by atoms with Crippen LogP contribution in [0.1, 0.15) is 15.9 Å². The lowest BCUT2D eigenvalue weighted by atomic mass is 10.1. The minimum absolute atomic E-state index is 0.231. The lowest BCUT2D eigenvalue weighted by Crippen LogP contribution is -2.18. The molecular weight excluding hydrogens is 388 g/mol. The fourth-order valence-electron chi connectivity index (χ4n) is 2.78. The van der Waals surface area contributed by atoms with Gasteiger partial charge in [-0.25, -0.2) is 0 Å². The average Bonchev–Trinajstić information content (AvgIpc) is 2.73. The van der Waals surface area contributed by atoms with Crippen molar-refractivity contribution in [3.05, 3.63) is 76.9 Å². The van der Waals surface area contributed by atoms with Crippen molar-refractivity contribution in [2.45, 2.75) is 6.54 Å². The van der Waals surface area contributed by atoms with Crippen LogP contribution < -0.4 is 16.4 Å². The molecule has 0 saturated heterocycles. The highest BCUT2D eigenvalue weighted by atomic mass is 35.5. The summed E-state index contributed by atoms with van der Waals surface area (Å²) in [7, 11) is 1.67. The Bertz CT molecular complexity index is 977. The first-order valence-electron chi connectivity index (χ1n) is 9.19. The van der Waals surface area contributed by atoms with E-state index in [4.69, 9.17) is 22.1 Å². The van der Waals surface area contributed by atoms with Gasteiger partial charge in [-0.2, -0.15) is 0 Å². The Hall–Kier alpha value is -2.93. The fourth-order valence-corrected chi connectivity index (χ4v) is 3.08. The van der Waals surface area contributed by atoms with Crippen molar-refractivity contribution in [1.82, 2.24) is 10.3 Å². The van der Waals surface area contributed by atoms with E-state index in [2.05, 4.69) is 15.6 Å². The van der Waals surface area contributed by atoms with Gasteiger partial charge in [-0.05, 0) is 35.9 Å². The molecule has 0 bridgehead atoms. The Morgan fingerprint density at radius 2 is 1.93 bits per heavy atom. The van der Waals surface area contributed by atoms with Gasteiger partial charge in [0, 0.05) is 37.5 Å². The number of amides is 1. The molecule has 2 aromatic carbocycles. The summed E-state index contributed by atoms with van der Waals surface area (Å²) in [4.78, 5) is 16.9. The average molecular weight is 411 g/mol. The van der Waals surface area contributed by atoms with Crippen LogP contribution in [0.4, 0.5) is 11.4 Å². The zero-order valence-corrected chi connectivity index (χ0v) is 16.9. The van der Waals surface area contributed by atoms with Gasteiger partial charge < -0.3 is 21.1 Å². The highest BCUT2D eigenvalue weighted by Gasteiger charge is 2.10. The third-order valence-electron chi connectivity index (χ3n) is 4.34. The summed E-state index contributed by atoms with van der Waals surface area (Å²) in [5.41, 5.74) is 10.00. The first-order valence-corrected chi connectivity index (χ1v) is 9.56. The normalized spacial score (nSPS) is 10.7. The van der Waals surface area contributed by atoms with E-state index in [9.17, 15) is 4.79 Å². The Morgan fingerprint density at radius 3 is 2.62 bits per heavy atom. The maximum absolute atomic E-state index is 12.4. The molecule has 1 heterocycles. The molecule has 0 saturated carbocycles. The maximum atomic E-state index is 12.4. The summed E-state index contributed by atoms with van der Waals surface area (Å²) in [6.07, 6.45) is 1.79. The van der Waals surface area contributed by atoms with Crippen molar-refractivity contribution in [1.29, 1.82) is 0 Å². The van der Waals surface area contributed by atoms with Gasteiger partial charge in [-0.3, -0.25) is 9.78 Å². The summed E-state index contributed by atoms with van der Waals surface area (Å²) in [6.45, 7) is 2.07. The number of pyridine rings is 1. The van der Waals surface area contributed by atoms with Crippen LogP contribution in [-0.4, -0.2) is 31.2 Å². The fraction of sp³-hybridized carbons (Fsp3) is 0.182. The van der Waals surface area contributed by atoms with Crippen LogP contribution in [0.2, 0.25) is 5.02 Å². The number of nitrogens with zero attached hydrogens (tertiary/aromatic N) is 1. The number of halogens is 1. The number of nitrogens with one attached hydrogen (secondary N) is 2. The van der Waals surface area contributed by atoms with E-state index in [0.29, 0.717) is 40.8 Å². The highest BCUT2D eigenvalue weighted by molar-refractivity contribution is 6.33. The number of aromatic nitrogens is 1. The number of benzene rings is 2. The van der Waals surface area contributed by atoms with Crippen LogP contribution in [0, 0.1) is 0 Å². The Labute approximate surface area is 175 Å². The smallest absolute Gasteiger partial charge is 0.255 e. The summed E-state index contributed by atoms with van der Waals surface area (Å²) in [5.74, 6) is -0.231.